The Hall–Kier alpha value is -3.43. The first-order valence-corrected chi connectivity index (χ1v) is 11.6. The van der Waals surface area contributed by atoms with Gasteiger partial charge in [0.2, 0.25) is 15.9 Å². The predicted octanol–water partition coefficient (Wildman–Crippen LogP) is 3.05. The van der Waals surface area contributed by atoms with Gasteiger partial charge in [-0.3, -0.25) is 4.79 Å². The lowest BCUT2D eigenvalue weighted by Crippen LogP contribution is -2.47. The molecule has 1 amide bonds. The van der Waals surface area contributed by atoms with E-state index in [0.717, 1.165) is 5.56 Å². The van der Waals surface area contributed by atoms with E-state index in [1.54, 1.807) is 12.1 Å². The van der Waals surface area contributed by atoms with Crippen molar-refractivity contribution in [3.05, 3.63) is 89.7 Å². The molecular formula is C24H25FN2O5S. The van der Waals surface area contributed by atoms with E-state index < -0.39 is 22.0 Å². The SMILES string of the molecule is COc1ccc(S(=O)(=O)N[C@H](Cc2ccccc2)C(=O)NCc2ccc(F)cc2)cc1OC. The van der Waals surface area contributed by atoms with Crippen molar-refractivity contribution >= 4 is 15.9 Å². The van der Waals surface area contributed by atoms with Crippen LogP contribution in [-0.2, 0) is 27.8 Å². The van der Waals surface area contributed by atoms with E-state index in [1.807, 2.05) is 30.3 Å². The molecule has 0 saturated carbocycles. The molecular weight excluding hydrogens is 447 g/mol. The summed E-state index contributed by atoms with van der Waals surface area (Å²) in [5.41, 5.74) is 1.47. The molecule has 0 aliphatic carbocycles. The van der Waals surface area contributed by atoms with Gasteiger partial charge in [-0.2, -0.15) is 4.72 Å². The second-order valence-corrected chi connectivity index (χ2v) is 8.94. The molecule has 0 radical (unpaired) electrons. The zero-order chi connectivity index (χ0) is 23.8. The Labute approximate surface area is 192 Å². The van der Waals surface area contributed by atoms with Gasteiger partial charge in [-0.25, -0.2) is 12.8 Å². The first-order valence-electron chi connectivity index (χ1n) is 10.1. The topological polar surface area (TPSA) is 93.7 Å². The van der Waals surface area contributed by atoms with Crippen molar-refractivity contribution in [2.75, 3.05) is 14.2 Å². The highest BCUT2D eigenvalue weighted by Gasteiger charge is 2.27. The van der Waals surface area contributed by atoms with Crippen molar-refractivity contribution in [3.63, 3.8) is 0 Å². The Bertz CT molecular complexity index is 1190. The van der Waals surface area contributed by atoms with E-state index in [-0.39, 0.29) is 29.4 Å². The average Bonchev–Trinajstić information content (AvgIpc) is 2.83. The summed E-state index contributed by atoms with van der Waals surface area (Å²) in [7, 11) is -1.21. The Morgan fingerprint density at radius 2 is 1.58 bits per heavy atom. The number of nitrogens with one attached hydrogen (secondary N) is 2. The molecule has 0 aliphatic rings. The smallest absolute Gasteiger partial charge is 0.241 e. The van der Waals surface area contributed by atoms with E-state index in [9.17, 15) is 17.6 Å². The summed E-state index contributed by atoms with van der Waals surface area (Å²) >= 11 is 0. The van der Waals surface area contributed by atoms with E-state index in [4.69, 9.17) is 9.47 Å². The third kappa shape index (κ3) is 6.53. The van der Waals surface area contributed by atoms with Gasteiger partial charge >= 0.3 is 0 Å². The number of amides is 1. The molecule has 0 fully saturated rings. The molecule has 0 saturated heterocycles. The molecule has 0 aromatic heterocycles. The Morgan fingerprint density at radius 3 is 2.21 bits per heavy atom. The summed E-state index contributed by atoms with van der Waals surface area (Å²) < 4.78 is 52.1. The van der Waals surface area contributed by atoms with Gasteiger partial charge in [0, 0.05) is 12.6 Å². The number of rotatable bonds is 10. The molecule has 1 atom stereocenters. The largest absolute Gasteiger partial charge is 0.493 e. The molecule has 3 aromatic rings. The number of halogens is 1. The van der Waals surface area contributed by atoms with Crippen LogP contribution < -0.4 is 19.5 Å². The number of carbonyl (C=O) groups excluding carboxylic acids is 1. The minimum atomic E-state index is -4.07. The predicted molar refractivity (Wildman–Crippen MR) is 122 cm³/mol. The maximum absolute atomic E-state index is 13.1. The quantitative estimate of drug-likeness (QED) is 0.473. The van der Waals surface area contributed by atoms with Crippen LogP contribution in [0.1, 0.15) is 11.1 Å². The minimum Gasteiger partial charge on any atom is -0.493 e. The number of hydrogen-bond donors (Lipinski definition) is 2. The summed E-state index contributed by atoms with van der Waals surface area (Å²) in [4.78, 5) is 12.9. The van der Waals surface area contributed by atoms with E-state index in [0.29, 0.717) is 11.3 Å². The molecule has 174 valence electrons. The molecule has 0 bridgehead atoms. The Kier molecular flexibility index (Phi) is 8.02. The summed E-state index contributed by atoms with van der Waals surface area (Å²) in [5, 5.41) is 2.72. The number of hydrogen-bond acceptors (Lipinski definition) is 5. The summed E-state index contributed by atoms with van der Waals surface area (Å²) in [6.07, 6.45) is 0.141. The third-order valence-electron chi connectivity index (χ3n) is 4.94. The standard InChI is InChI=1S/C24H25FN2O5S/c1-31-22-13-12-20(15-23(22)32-2)33(29,30)27-21(14-17-6-4-3-5-7-17)24(28)26-16-18-8-10-19(25)11-9-18/h3-13,15,21,27H,14,16H2,1-2H3,(H,26,28)/t21-/m1/s1. The van der Waals surface area contributed by atoms with E-state index in [2.05, 4.69) is 10.0 Å². The van der Waals surface area contributed by atoms with Gasteiger partial charge in [-0.1, -0.05) is 42.5 Å². The molecule has 33 heavy (non-hydrogen) atoms. The maximum Gasteiger partial charge on any atom is 0.241 e. The van der Waals surface area contributed by atoms with Crippen LogP contribution in [0.3, 0.4) is 0 Å². The van der Waals surface area contributed by atoms with Crippen LogP contribution in [0, 0.1) is 5.82 Å². The van der Waals surface area contributed by atoms with Crippen molar-refractivity contribution in [3.8, 4) is 11.5 Å². The second-order valence-electron chi connectivity index (χ2n) is 7.22. The van der Waals surface area contributed by atoms with Crippen LogP contribution in [0.15, 0.2) is 77.7 Å². The van der Waals surface area contributed by atoms with Crippen LogP contribution >= 0.6 is 0 Å². The molecule has 3 aromatic carbocycles. The number of ether oxygens (including phenoxy) is 2. The van der Waals surface area contributed by atoms with Crippen LogP contribution in [0.5, 0.6) is 11.5 Å². The van der Waals surface area contributed by atoms with Gasteiger partial charge < -0.3 is 14.8 Å². The third-order valence-corrected chi connectivity index (χ3v) is 6.41. The molecule has 3 rings (SSSR count). The lowest BCUT2D eigenvalue weighted by Gasteiger charge is -2.19. The zero-order valence-electron chi connectivity index (χ0n) is 18.2. The fraction of sp³-hybridized carbons (Fsp3) is 0.208. The number of methoxy groups -OCH3 is 2. The average molecular weight is 473 g/mol. The van der Waals surface area contributed by atoms with Gasteiger partial charge in [-0.05, 0) is 41.8 Å². The molecule has 9 heteroatoms. The summed E-state index contributed by atoms with van der Waals surface area (Å²) in [5.74, 6) is -0.253. The first kappa shape index (κ1) is 24.2. The van der Waals surface area contributed by atoms with Gasteiger partial charge in [0.05, 0.1) is 19.1 Å². The Morgan fingerprint density at radius 1 is 0.909 bits per heavy atom. The van der Waals surface area contributed by atoms with Gasteiger partial charge in [0.1, 0.15) is 11.9 Å². The lowest BCUT2D eigenvalue weighted by atomic mass is 10.1. The normalized spacial score (nSPS) is 12.1. The van der Waals surface area contributed by atoms with Crippen molar-refractivity contribution in [1.82, 2.24) is 10.0 Å². The molecule has 0 aliphatic heterocycles. The summed E-state index contributed by atoms with van der Waals surface area (Å²) in [6, 6.07) is 17.9. The fourth-order valence-corrected chi connectivity index (χ4v) is 4.40. The Balaban J connectivity index is 1.82. The van der Waals surface area contributed by atoms with Crippen LogP contribution in [0.2, 0.25) is 0 Å². The monoisotopic (exact) mass is 472 g/mol. The maximum atomic E-state index is 13.1. The van der Waals surface area contributed by atoms with Gasteiger partial charge in [0.25, 0.3) is 0 Å². The molecule has 2 N–H and O–H groups in total. The second kappa shape index (κ2) is 10.9. The first-order chi connectivity index (χ1) is 15.8. The highest BCUT2D eigenvalue weighted by Crippen LogP contribution is 2.29. The van der Waals surface area contributed by atoms with Crippen molar-refractivity contribution < 1.29 is 27.1 Å². The number of carbonyl (C=O) groups is 1. The van der Waals surface area contributed by atoms with Gasteiger partial charge in [-0.15, -0.1) is 0 Å². The lowest BCUT2D eigenvalue weighted by molar-refractivity contribution is -0.122. The fourth-order valence-electron chi connectivity index (χ4n) is 3.19. The van der Waals surface area contributed by atoms with Crippen LogP contribution in [0.4, 0.5) is 4.39 Å². The minimum absolute atomic E-state index is 0.0652. The number of sulfonamides is 1. The van der Waals surface area contributed by atoms with E-state index in [1.165, 1.54) is 44.6 Å². The van der Waals surface area contributed by atoms with Crippen LogP contribution in [-0.4, -0.2) is 34.6 Å². The highest BCUT2D eigenvalue weighted by atomic mass is 32.2. The number of benzene rings is 3. The molecule has 0 heterocycles. The highest BCUT2D eigenvalue weighted by molar-refractivity contribution is 7.89. The zero-order valence-corrected chi connectivity index (χ0v) is 19.1. The molecule has 0 spiro atoms. The summed E-state index contributed by atoms with van der Waals surface area (Å²) in [6.45, 7) is 0.127. The molecule has 7 nitrogen and oxygen atoms in total. The van der Waals surface area contributed by atoms with Gasteiger partial charge in [0.15, 0.2) is 11.5 Å². The van der Waals surface area contributed by atoms with Crippen molar-refractivity contribution in [2.24, 2.45) is 0 Å². The van der Waals surface area contributed by atoms with Crippen molar-refractivity contribution in [2.45, 2.75) is 23.9 Å². The van der Waals surface area contributed by atoms with Crippen LogP contribution in [0.25, 0.3) is 0 Å². The molecule has 0 unspecified atom stereocenters. The van der Waals surface area contributed by atoms with Crippen molar-refractivity contribution in [1.29, 1.82) is 0 Å². The van der Waals surface area contributed by atoms with E-state index >= 15 is 0 Å².